The molecule has 2 aromatic heterocycles. The van der Waals surface area contributed by atoms with Crippen LogP contribution in [-0.4, -0.2) is 58.6 Å². The van der Waals surface area contributed by atoms with Crippen molar-refractivity contribution in [3.63, 3.8) is 0 Å². The molecule has 4 N–H and O–H groups in total. The highest BCUT2D eigenvalue weighted by molar-refractivity contribution is 7.17. The zero-order chi connectivity index (χ0) is 26.4. The van der Waals surface area contributed by atoms with Gasteiger partial charge < -0.3 is 25.2 Å². The molecule has 37 heavy (non-hydrogen) atoms. The number of benzene rings is 1. The summed E-state index contributed by atoms with van der Waals surface area (Å²) in [5, 5.41) is 12.4. The molecule has 1 aliphatic rings. The molecule has 0 saturated carbocycles. The third-order valence-corrected chi connectivity index (χ3v) is 7.24. The Hall–Kier alpha value is -3.64. The predicted octanol–water partition coefficient (Wildman–Crippen LogP) is 2.09. The molecule has 1 saturated heterocycles. The summed E-state index contributed by atoms with van der Waals surface area (Å²) in [6.45, 7) is 7.28. The lowest BCUT2D eigenvalue weighted by atomic mass is 9.88. The van der Waals surface area contributed by atoms with Gasteiger partial charge in [0.25, 0.3) is 5.91 Å². The van der Waals surface area contributed by atoms with Gasteiger partial charge >= 0.3 is 5.97 Å². The van der Waals surface area contributed by atoms with Gasteiger partial charge in [-0.2, -0.15) is 4.98 Å². The van der Waals surface area contributed by atoms with Crippen LogP contribution in [0.25, 0.3) is 11.4 Å². The number of hydrogen-bond donors (Lipinski definition) is 3. The Balaban J connectivity index is 1.46. The summed E-state index contributed by atoms with van der Waals surface area (Å²) in [5.74, 6) is 0.00136. The van der Waals surface area contributed by atoms with E-state index >= 15 is 0 Å². The lowest BCUT2D eigenvalue weighted by molar-refractivity contribution is -0.665. The van der Waals surface area contributed by atoms with Crippen molar-refractivity contribution in [3.8, 4) is 11.4 Å². The summed E-state index contributed by atoms with van der Waals surface area (Å²) >= 11 is 1.08. The maximum absolute atomic E-state index is 13.2. The Labute approximate surface area is 218 Å². The van der Waals surface area contributed by atoms with Crippen molar-refractivity contribution >= 4 is 34.3 Å². The van der Waals surface area contributed by atoms with Crippen LogP contribution in [0.3, 0.4) is 0 Å². The lowest BCUT2D eigenvalue weighted by Gasteiger charge is -2.29. The second kappa shape index (κ2) is 12.1. The summed E-state index contributed by atoms with van der Waals surface area (Å²) < 4.78 is 10.1. The Morgan fingerprint density at radius 1 is 1.22 bits per heavy atom. The predicted molar refractivity (Wildman–Crippen MR) is 136 cm³/mol. The molecule has 1 aromatic carbocycles. The second-order valence-corrected chi connectivity index (χ2v) is 9.91. The second-order valence-electron chi connectivity index (χ2n) is 8.91. The number of carbonyl (C=O) groups excluding carboxylic acids is 3. The Bertz CT molecular complexity index is 1270. The number of carbonyl (C=O) groups is 3. The van der Waals surface area contributed by atoms with Gasteiger partial charge in [-0.1, -0.05) is 28.6 Å². The average Bonchev–Trinajstić information content (AvgIpc) is 3.49. The number of piperidine rings is 1. The highest BCUT2D eigenvalue weighted by Crippen LogP contribution is 2.25. The number of nitrogens with one attached hydrogen (secondary N) is 2. The maximum Gasteiger partial charge on any atom is 0.350 e. The molecule has 1 unspecified atom stereocenters. The molecule has 4 rings (SSSR count). The summed E-state index contributed by atoms with van der Waals surface area (Å²) in [4.78, 5) is 47.2. The van der Waals surface area contributed by atoms with Gasteiger partial charge in [0.15, 0.2) is 5.13 Å². The van der Waals surface area contributed by atoms with Crippen LogP contribution in [0.4, 0.5) is 5.13 Å². The van der Waals surface area contributed by atoms with Gasteiger partial charge in [0.2, 0.25) is 17.6 Å². The molecule has 12 heteroatoms. The molecule has 1 fully saturated rings. The molecule has 2 amide bonds. The van der Waals surface area contributed by atoms with Gasteiger partial charge in [0, 0.05) is 43.4 Å². The van der Waals surface area contributed by atoms with Crippen molar-refractivity contribution in [1.29, 1.82) is 0 Å². The van der Waals surface area contributed by atoms with E-state index in [0.29, 0.717) is 38.5 Å². The number of nitrogens with zero attached hydrogens (tertiary/aromatic N) is 3. The third-order valence-electron chi connectivity index (χ3n) is 6.19. The molecular formula is C25H31N6O5S+. The fraction of sp³-hybridized carbons (Fsp3) is 0.440. The third kappa shape index (κ3) is 6.77. The van der Waals surface area contributed by atoms with Crippen molar-refractivity contribution in [2.24, 2.45) is 5.92 Å². The van der Waals surface area contributed by atoms with E-state index in [-0.39, 0.29) is 36.8 Å². The molecule has 11 nitrogen and oxygen atoms in total. The van der Waals surface area contributed by atoms with Gasteiger partial charge in [-0.15, -0.1) is 0 Å². The van der Waals surface area contributed by atoms with Crippen LogP contribution in [0, 0.1) is 19.8 Å². The SMILES string of the molecule is CCOC(=O)c1sc(NC(=O)CC(NC(=O)c2cccc(-c3noc(C)n3)c2)C2CC[NH2+]CC2)nc1C. The first kappa shape index (κ1) is 26.4. The highest BCUT2D eigenvalue weighted by Gasteiger charge is 2.29. The normalized spacial score (nSPS) is 14.7. The minimum absolute atomic E-state index is 0.0908. The number of thiazole rings is 1. The molecule has 3 heterocycles. The van der Waals surface area contributed by atoms with E-state index in [0.717, 1.165) is 37.3 Å². The van der Waals surface area contributed by atoms with Crippen LogP contribution in [0.1, 0.15) is 57.8 Å². The van der Waals surface area contributed by atoms with Crippen molar-refractivity contribution < 1.29 is 29.0 Å². The van der Waals surface area contributed by atoms with E-state index in [1.165, 1.54) is 0 Å². The quantitative estimate of drug-likeness (QED) is 0.358. The van der Waals surface area contributed by atoms with E-state index in [2.05, 4.69) is 31.1 Å². The molecule has 0 bridgehead atoms. The largest absolute Gasteiger partial charge is 0.462 e. The van der Waals surface area contributed by atoms with Crippen LogP contribution >= 0.6 is 11.3 Å². The average molecular weight is 528 g/mol. The molecule has 1 atom stereocenters. The van der Waals surface area contributed by atoms with Gasteiger partial charge in [0.1, 0.15) is 4.88 Å². The zero-order valence-electron chi connectivity index (χ0n) is 21.1. The molecule has 1 aliphatic heterocycles. The summed E-state index contributed by atoms with van der Waals surface area (Å²) in [7, 11) is 0. The van der Waals surface area contributed by atoms with Gasteiger partial charge in [-0.05, 0) is 31.9 Å². The number of amides is 2. The van der Waals surface area contributed by atoms with Crippen molar-refractivity contribution in [2.75, 3.05) is 25.0 Å². The maximum atomic E-state index is 13.2. The van der Waals surface area contributed by atoms with Crippen LogP contribution in [0.2, 0.25) is 0 Å². The molecule has 196 valence electrons. The number of aromatic nitrogens is 3. The molecular weight excluding hydrogens is 496 g/mol. The number of aryl methyl sites for hydroxylation is 2. The first-order chi connectivity index (χ1) is 17.8. The van der Waals surface area contributed by atoms with Crippen LogP contribution in [0.5, 0.6) is 0 Å². The standard InChI is InChI=1S/C25H30N6O5S/c1-4-35-24(34)21-14(2)27-25(37-21)30-20(32)13-19(16-8-10-26-11-9-16)29-23(33)18-7-5-6-17(12-18)22-28-15(3)36-31-22/h5-7,12,16,19,26H,4,8-11,13H2,1-3H3,(H,29,33)(H,27,30,32)/p+1. The number of hydrogen-bond acceptors (Lipinski definition) is 9. The Kier molecular flexibility index (Phi) is 8.62. The highest BCUT2D eigenvalue weighted by atomic mass is 32.1. The summed E-state index contributed by atoms with van der Waals surface area (Å²) in [5.41, 5.74) is 1.62. The van der Waals surface area contributed by atoms with E-state index < -0.39 is 5.97 Å². The van der Waals surface area contributed by atoms with E-state index in [1.807, 2.05) is 6.07 Å². The Morgan fingerprint density at radius 3 is 2.70 bits per heavy atom. The topological polar surface area (TPSA) is 153 Å². The van der Waals surface area contributed by atoms with E-state index in [9.17, 15) is 14.4 Å². The fourth-order valence-corrected chi connectivity index (χ4v) is 5.24. The smallest absolute Gasteiger partial charge is 0.350 e. The van der Waals surface area contributed by atoms with Gasteiger partial charge in [0.05, 0.1) is 25.4 Å². The number of rotatable bonds is 9. The Morgan fingerprint density at radius 2 is 2.00 bits per heavy atom. The van der Waals surface area contributed by atoms with Crippen molar-refractivity contribution in [3.05, 3.63) is 46.3 Å². The first-order valence-electron chi connectivity index (χ1n) is 12.3. The van der Waals surface area contributed by atoms with Gasteiger partial charge in [-0.25, -0.2) is 9.78 Å². The molecule has 0 spiro atoms. The van der Waals surface area contributed by atoms with Crippen LogP contribution in [0.15, 0.2) is 28.8 Å². The molecule has 3 aromatic rings. The number of ether oxygens (including phenoxy) is 1. The minimum atomic E-state index is -0.459. The molecule has 0 aliphatic carbocycles. The molecule has 0 radical (unpaired) electrons. The lowest BCUT2D eigenvalue weighted by Crippen LogP contribution is -2.86. The number of esters is 1. The van der Waals surface area contributed by atoms with Gasteiger partial charge in [-0.3, -0.25) is 9.59 Å². The minimum Gasteiger partial charge on any atom is -0.462 e. The number of quaternary nitrogens is 1. The monoisotopic (exact) mass is 527 g/mol. The number of nitrogens with two attached hydrogens (primary N) is 1. The van der Waals surface area contributed by atoms with Crippen LogP contribution < -0.4 is 16.0 Å². The zero-order valence-corrected chi connectivity index (χ0v) is 21.9. The van der Waals surface area contributed by atoms with E-state index in [4.69, 9.17) is 9.26 Å². The van der Waals surface area contributed by atoms with Crippen molar-refractivity contribution in [2.45, 2.75) is 46.1 Å². The van der Waals surface area contributed by atoms with Crippen molar-refractivity contribution in [1.82, 2.24) is 20.4 Å². The summed E-state index contributed by atoms with van der Waals surface area (Å²) in [6, 6.07) is 6.64. The first-order valence-corrected chi connectivity index (χ1v) is 13.1. The number of anilines is 1. The van der Waals surface area contributed by atoms with Crippen LogP contribution in [-0.2, 0) is 9.53 Å². The van der Waals surface area contributed by atoms with E-state index in [1.54, 1.807) is 39.0 Å². The summed E-state index contributed by atoms with van der Waals surface area (Å²) in [6.07, 6.45) is 1.88. The fourth-order valence-electron chi connectivity index (χ4n) is 4.36.